The fourth-order valence-electron chi connectivity index (χ4n) is 2.63. The van der Waals surface area contributed by atoms with Crippen LogP contribution in [-0.2, 0) is 7.05 Å². The summed E-state index contributed by atoms with van der Waals surface area (Å²) in [4.78, 5) is 9.53. The first-order chi connectivity index (χ1) is 8.54. The molecule has 2 rings (SSSR count). The summed E-state index contributed by atoms with van der Waals surface area (Å²) in [6.07, 6.45) is 0. The minimum absolute atomic E-state index is 0.263. The predicted molar refractivity (Wildman–Crippen MR) is 73.5 cm³/mol. The molecule has 0 radical (unpaired) electrons. The molecule has 1 aromatic rings. The molecule has 1 fully saturated rings. The van der Waals surface area contributed by atoms with Crippen LogP contribution in [0.4, 0.5) is 0 Å². The Hall–Kier alpha value is -0.910. The Labute approximate surface area is 110 Å². The zero-order valence-corrected chi connectivity index (χ0v) is 12.0. The molecule has 1 unspecified atom stereocenters. The van der Waals surface area contributed by atoms with Crippen LogP contribution in [0.1, 0.15) is 23.3 Å². The van der Waals surface area contributed by atoms with Crippen molar-refractivity contribution in [2.75, 3.05) is 39.8 Å². The van der Waals surface area contributed by atoms with E-state index in [2.05, 4.69) is 35.4 Å². The highest BCUT2D eigenvalue weighted by Crippen LogP contribution is 2.23. The first-order valence-corrected chi connectivity index (χ1v) is 6.67. The van der Waals surface area contributed by atoms with Crippen molar-refractivity contribution in [2.45, 2.75) is 19.9 Å². The van der Waals surface area contributed by atoms with Crippen LogP contribution in [0.2, 0.25) is 0 Å². The molecule has 0 aliphatic carbocycles. The van der Waals surface area contributed by atoms with E-state index in [-0.39, 0.29) is 6.04 Å². The molecule has 5 heteroatoms. The van der Waals surface area contributed by atoms with E-state index in [9.17, 15) is 0 Å². The van der Waals surface area contributed by atoms with Crippen molar-refractivity contribution in [1.29, 1.82) is 0 Å². The Kier molecular flexibility index (Phi) is 4.04. The third-order valence-corrected chi connectivity index (χ3v) is 4.16. The maximum Gasteiger partial charge on any atom is 0.105 e. The van der Waals surface area contributed by atoms with Crippen molar-refractivity contribution in [1.82, 2.24) is 19.4 Å². The molecular weight excluding hydrogens is 226 g/mol. The predicted octanol–water partition coefficient (Wildman–Crippen LogP) is 0.284. The van der Waals surface area contributed by atoms with Crippen LogP contribution in [0.5, 0.6) is 0 Å². The van der Waals surface area contributed by atoms with Crippen molar-refractivity contribution >= 4 is 0 Å². The second-order valence-electron chi connectivity index (χ2n) is 5.28. The Balaban J connectivity index is 2.20. The molecule has 0 amide bonds. The van der Waals surface area contributed by atoms with Gasteiger partial charge in [-0.3, -0.25) is 4.90 Å². The molecule has 1 atom stereocenters. The Morgan fingerprint density at radius 3 is 2.22 bits per heavy atom. The lowest BCUT2D eigenvalue weighted by molar-refractivity contribution is 0.112. The van der Waals surface area contributed by atoms with E-state index in [0.717, 1.165) is 37.7 Å². The van der Waals surface area contributed by atoms with Gasteiger partial charge in [0, 0.05) is 45.5 Å². The number of imidazole rings is 1. The van der Waals surface area contributed by atoms with Gasteiger partial charge in [0.25, 0.3) is 0 Å². The first-order valence-electron chi connectivity index (χ1n) is 6.67. The number of rotatable bonds is 3. The summed E-state index contributed by atoms with van der Waals surface area (Å²) >= 11 is 0. The van der Waals surface area contributed by atoms with E-state index < -0.39 is 0 Å². The molecule has 18 heavy (non-hydrogen) atoms. The summed E-state index contributed by atoms with van der Waals surface area (Å²) in [5, 5.41) is 0. The van der Waals surface area contributed by atoms with Crippen molar-refractivity contribution in [3.05, 3.63) is 17.2 Å². The number of hydrogen-bond donors (Lipinski definition) is 1. The maximum absolute atomic E-state index is 5.99. The van der Waals surface area contributed by atoms with Crippen LogP contribution in [0.25, 0.3) is 0 Å². The van der Waals surface area contributed by atoms with Crippen LogP contribution in [0.3, 0.4) is 0 Å². The smallest absolute Gasteiger partial charge is 0.105 e. The zero-order valence-electron chi connectivity index (χ0n) is 12.0. The third kappa shape index (κ3) is 2.43. The Morgan fingerprint density at radius 2 is 1.78 bits per heavy atom. The fraction of sp³-hybridized carbons (Fsp3) is 0.769. The maximum atomic E-state index is 5.99. The summed E-state index contributed by atoms with van der Waals surface area (Å²) in [5.41, 5.74) is 8.39. The molecule has 0 bridgehead atoms. The van der Waals surface area contributed by atoms with Gasteiger partial charge in [-0.1, -0.05) is 0 Å². The van der Waals surface area contributed by atoms with Crippen LogP contribution >= 0.6 is 0 Å². The molecule has 1 aliphatic rings. The zero-order chi connectivity index (χ0) is 13.3. The van der Waals surface area contributed by atoms with E-state index in [0.29, 0.717) is 6.54 Å². The van der Waals surface area contributed by atoms with Crippen LogP contribution in [0, 0.1) is 13.8 Å². The standard InChI is InChI=1S/C13H25N5/c1-10-13(15-11(2)17(10)4)12(9-14)18-7-5-16(3)6-8-18/h12H,5-9,14H2,1-4H3. The lowest BCUT2D eigenvalue weighted by atomic mass is 10.1. The SMILES string of the molecule is Cc1nc(C(CN)N2CCN(C)CC2)c(C)n1C. The van der Waals surface area contributed by atoms with Crippen molar-refractivity contribution < 1.29 is 0 Å². The van der Waals surface area contributed by atoms with Crippen LogP contribution < -0.4 is 5.73 Å². The third-order valence-electron chi connectivity index (χ3n) is 4.16. The van der Waals surface area contributed by atoms with E-state index in [4.69, 9.17) is 10.7 Å². The van der Waals surface area contributed by atoms with Gasteiger partial charge >= 0.3 is 0 Å². The monoisotopic (exact) mass is 251 g/mol. The molecule has 1 saturated heterocycles. The number of hydrogen-bond acceptors (Lipinski definition) is 4. The molecule has 2 N–H and O–H groups in total. The highest BCUT2D eigenvalue weighted by atomic mass is 15.3. The first kappa shape index (κ1) is 13.5. The molecule has 5 nitrogen and oxygen atoms in total. The van der Waals surface area contributed by atoms with Gasteiger partial charge in [-0.05, 0) is 20.9 Å². The van der Waals surface area contributed by atoms with Gasteiger partial charge in [0.2, 0.25) is 0 Å². The number of nitrogens with zero attached hydrogens (tertiary/aromatic N) is 4. The lowest BCUT2D eigenvalue weighted by Crippen LogP contribution is -2.47. The molecular formula is C13H25N5. The minimum atomic E-state index is 0.263. The van der Waals surface area contributed by atoms with Gasteiger partial charge < -0.3 is 15.2 Å². The van der Waals surface area contributed by atoms with Gasteiger partial charge in [0.1, 0.15) is 5.82 Å². The molecule has 1 aromatic heterocycles. The average Bonchev–Trinajstić information content (AvgIpc) is 2.61. The number of aromatic nitrogens is 2. The summed E-state index contributed by atoms with van der Waals surface area (Å²) in [5.74, 6) is 1.06. The van der Waals surface area contributed by atoms with Crippen molar-refractivity contribution in [3.8, 4) is 0 Å². The van der Waals surface area contributed by atoms with Gasteiger partial charge in [-0.25, -0.2) is 4.98 Å². The Morgan fingerprint density at radius 1 is 1.17 bits per heavy atom. The number of likely N-dealkylation sites (N-methyl/N-ethyl adjacent to an activating group) is 1. The quantitative estimate of drug-likeness (QED) is 0.838. The molecule has 0 spiro atoms. The van der Waals surface area contributed by atoms with E-state index in [1.807, 2.05) is 6.92 Å². The summed E-state index contributed by atoms with van der Waals surface area (Å²) in [6.45, 7) is 9.20. The van der Waals surface area contributed by atoms with E-state index in [1.54, 1.807) is 0 Å². The van der Waals surface area contributed by atoms with E-state index >= 15 is 0 Å². The van der Waals surface area contributed by atoms with Crippen LogP contribution in [0.15, 0.2) is 0 Å². The molecule has 2 heterocycles. The summed E-state index contributed by atoms with van der Waals surface area (Å²) in [7, 11) is 4.24. The number of piperazine rings is 1. The number of nitrogens with two attached hydrogens (primary N) is 1. The summed E-state index contributed by atoms with van der Waals surface area (Å²) < 4.78 is 2.15. The van der Waals surface area contributed by atoms with Gasteiger partial charge in [-0.2, -0.15) is 0 Å². The highest BCUT2D eigenvalue weighted by Gasteiger charge is 2.26. The van der Waals surface area contributed by atoms with Crippen LogP contribution in [-0.4, -0.2) is 59.1 Å². The fourth-order valence-corrected chi connectivity index (χ4v) is 2.63. The van der Waals surface area contributed by atoms with Gasteiger partial charge in [0.05, 0.1) is 11.7 Å². The molecule has 1 aliphatic heterocycles. The topological polar surface area (TPSA) is 50.3 Å². The minimum Gasteiger partial charge on any atom is -0.335 e. The molecule has 102 valence electrons. The van der Waals surface area contributed by atoms with Crippen molar-refractivity contribution in [3.63, 3.8) is 0 Å². The molecule has 0 aromatic carbocycles. The van der Waals surface area contributed by atoms with E-state index in [1.165, 1.54) is 5.69 Å². The largest absolute Gasteiger partial charge is 0.335 e. The summed E-state index contributed by atoms with van der Waals surface area (Å²) in [6, 6.07) is 0.263. The van der Waals surface area contributed by atoms with Gasteiger partial charge in [-0.15, -0.1) is 0 Å². The average molecular weight is 251 g/mol. The molecule has 0 saturated carbocycles. The van der Waals surface area contributed by atoms with Crippen molar-refractivity contribution in [2.24, 2.45) is 12.8 Å². The number of aryl methyl sites for hydroxylation is 1. The Bertz CT molecular complexity index is 404. The highest BCUT2D eigenvalue weighted by molar-refractivity contribution is 5.19. The second-order valence-corrected chi connectivity index (χ2v) is 5.28. The van der Waals surface area contributed by atoms with Gasteiger partial charge in [0.15, 0.2) is 0 Å². The second kappa shape index (κ2) is 5.38. The normalized spacial score (nSPS) is 20.3. The lowest BCUT2D eigenvalue weighted by Gasteiger charge is -2.37.